The van der Waals surface area contributed by atoms with E-state index in [1.54, 1.807) is 4.68 Å². The van der Waals surface area contributed by atoms with Gasteiger partial charge in [0.1, 0.15) is 22.7 Å². The molecule has 1 aromatic carbocycles. The minimum Gasteiger partial charge on any atom is -0.368 e. The minimum atomic E-state index is -0.248. The van der Waals surface area contributed by atoms with Crippen LogP contribution in [0.25, 0.3) is 21.9 Å². The topological polar surface area (TPSA) is 101 Å². The van der Waals surface area contributed by atoms with Crippen LogP contribution < -0.4 is 15.5 Å². The summed E-state index contributed by atoms with van der Waals surface area (Å²) in [6.45, 7) is 9.93. The highest BCUT2D eigenvalue weighted by molar-refractivity contribution is 6.13. The number of nitrogens with zero attached hydrogens (tertiary/aromatic N) is 6. The van der Waals surface area contributed by atoms with Crippen LogP contribution in [0.4, 0.5) is 11.5 Å². The van der Waals surface area contributed by atoms with Gasteiger partial charge < -0.3 is 15.5 Å². The fraction of sp³-hybridized carbons (Fsp3) is 0.375. The van der Waals surface area contributed by atoms with Gasteiger partial charge in [-0.05, 0) is 51.5 Å². The lowest BCUT2D eigenvalue weighted by molar-refractivity contribution is 0.102. The number of hydrogen-bond acceptors (Lipinski definition) is 7. The fourth-order valence-electron chi connectivity index (χ4n) is 4.70. The van der Waals surface area contributed by atoms with Crippen LogP contribution >= 0.6 is 0 Å². The van der Waals surface area contributed by atoms with E-state index < -0.39 is 0 Å². The summed E-state index contributed by atoms with van der Waals surface area (Å²) in [5.74, 6) is 0.870. The molecule has 33 heavy (non-hydrogen) atoms. The Morgan fingerprint density at radius 2 is 1.88 bits per heavy atom. The van der Waals surface area contributed by atoms with Crippen molar-refractivity contribution in [1.29, 1.82) is 0 Å². The Morgan fingerprint density at radius 1 is 1.12 bits per heavy atom. The van der Waals surface area contributed by atoms with Gasteiger partial charge in [0.25, 0.3) is 5.91 Å². The lowest BCUT2D eigenvalue weighted by atomic mass is 10.0. The number of nitrogens with one attached hydrogen (secondary N) is 2. The summed E-state index contributed by atoms with van der Waals surface area (Å²) in [6.07, 6.45) is 3.67. The quantitative estimate of drug-likeness (QED) is 0.501. The van der Waals surface area contributed by atoms with Gasteiger partial charge in [-0.1, -0.05) is 0 Å². The van der Waals surface area contributed by atoms with Gasteiger partial charge in [-0.2, -0.15) is 5.10 Å². The zero-order valence-corrected chi connectivity index (χ0v) is 19.5. The monoisotopic (exact) mass is 444 g/mol. The molecule has 9 nitrogen and oxygen atoms in total. The lowest BCUT2D eigenvalue weighted by Crippen LogP contribution is -2.54. The van der Waals surface area contributed by atoms with E-state index >= 15 is 0 Å². The first kappa shape index (κ1) is 21.3. The Balaban J connectivity index is 1.53. The van der Waals surface area contributed by atoms with Crippen LogP contribution in [-0.2, 0) is 7.05 Å². The summed E-state index contributed by atoms with van der Waals surface area (Å²) in [6, 6.07) is 6.44. The number of aromatic nitrogens is 5. The molecule has 0 bridgehead atoms. The number of amides is 1. The molecule has 9 heteroatoms. The SMILES string of the molecule is Cc1ncc2c(N3C[C@H](C)N[C@@H](C)C3)ccc(C(=O)Nc3cc(C)c4nn(C)cc4n3)c2n1. The van der Waals surface area contributed by atoms with Crippen molar-refractivity contribution in [2.75, 3.05) is 23.3 Å². The predicted molar refractivity (Wildman–Crippen MR) is 130 cm³/mol. The van der Waals surface area contributed by atoms with E-state index in [2.05, 4.69) is 49.4 Å². The second-order valence-electron chi connectivity index (χ2n) is 9.00. The number of hydrogen-bond donors (Lipinski definition) is 2. The van der Waals surface area contributed by atoms with Crippen LogP contribution in [0.5, 0.6) is 0 Å². The first-order valence-corrected chi connectivity index (χ1v) is 11.2. The molecule has 0 saturated carbocycles. The number of piperazine rings is 1. The molecule has 1 aliphatic rings. The van der Waals surface area contributed by atoms with Crippen LogP contribution in [0.2, 0.25) is 0 Å². The molecule has 1 amide bonds. The third-order valence-corrected chi connectivity index (χ3v) is 6.01. The first-order valence-electron chi connectivity index (χ1n) is 11.2. The highest BCUT2D eigenvalue weighted by Crippen LogP contribution is 2.30. The van der Waals surface area contributed by atoms with E-state index in [1.807, 2.05) is 51.5 Å². The summed E-state index contributed by atoms with van der Waals surface area (Å²) < 4.78 is 1.72. The van der Waals surface area contributed by atoms with E-state index in [1.165, 1.54) is 0 Å². The molecule has 1 fully saturated rings. The Morgan fingerprint density at radius 3 is 2.64 bits per heavy atom. The molecule has 1 aliphatic heterocycles. The van der Waals surface area contributed by atoms with Gasteiger partial charge >= 0.3 is 0 Å². The largest absolute Gasteiger partial charge is 0.368 e. The van der Waals surface area contributed by atoms with Crippen molar-refractivity contribution in [3.63, 3.8) is 0 Å². The Labute approximate surface area is 192 Å². The molecule has 2 N–H and O–H groups in total. The summed E-state index contributed by atoms with van der Waals surface area (Å²) in [5, 5.41) is 11.8. The molecule has 5 rings (SSSR count). The van der Waals surface area contributed by atoms with Crippen molar-refractivity contribution < 1.29 is 4.79 Å². The maximum absolute atomic E-state index is 13.3. The molecular weight excluding hydrogens is 416 g/mol. The maximum atomic E-state index is 13.3. The summed E-state index contributed by atoms with van der Waals surface area (Å²) in [5.41, 5.74) is 4.72. The summed E-state index contributed by atoms with van der Waals surface area (Å²) in [4.78, 5) is 29.3. The average Bonchev–Trinajstić information content (AvgIpc) is 3.12. The second-order valence-corrected chi connectivity index (χ2v) is 9.00. The van der Waals surface area contributed by atoms with Crippen LogP contribution in [0.15, 0.2) is 30.6 Å². The smallest absolute Gasteiger partial charge is 0.259 e. The van der Waals surface area contributed by atoms with Crippen molar-refractivity contribution in [3.8, 4) is 0 Å². The van der Waals surface area contributed by atoms with E-state index in [4.69, 9.17) is 0 Å². The number of benzene rings is 1. The Hall–Kier alpha value is -3.59. The van der Waals surface area contributed by atoms with Gasteiger partial charge in [-0.3, -0.25) is 9.48 Å². The normalized spacial score (nSPS) is 18.8. The molecular formula is C24H28N8O. The van der Waals surface area contributed by atoms with Crippen LogP contribution in [0.1, 0.15) is 35.6 Å². The van der Waals surface area contributed by atoms with Crippen molar-refractivity contribution in [2.24, 2.45) is 7.05 Å². The number of anilines is 2. The third-order valence-electron chi connectivity index (χ3n) is 6.01. The standard InChI is InChI=1S/C24H28N8O/c1-13-8-21(28-19-12-31(5)30-22(13)19)29-24(33)17-6-7-20(18-9-25-16(4)27-23(17)18)32-10-14(2)26-15(3)11-32/h6-9,12,14-15,26H,10-11H2,1-5H3,(H,28,29,33)/t14-,15-/m0/s1. The number of carbonyl (C=O) groups excluding carboxylic acids is 1. The van der Waals surface area contributed by atoms with Crippen molar-refractivity contribution >= 4 is 39.3 Å². The van der Waals surface area contributed by atoms with Gasteiger partial charge in [0.05, 0.1) is 17.3 Å². The summed E-state index contributed by atoms with van der Waals surface area (Å²) >= 11 is 0. The average molecular weight is 445 g/mol. The summed E-state index contributed by atoms with van der Waals surface area (Å²) in [7, 11) is 1.86. The Kier molecular flexibility index (Phi) is 5.20. The van der Waals surface area contributed by atoms with E-state index in [0.717, 1.165) is 40.8 Å². The van der Waals surface area contributed by atoms with Crippen molar-refractivity contribution in [2.45, 2.75) is 39.8 Å². The molecule has 0 radical (unpaired) electrons. The number of pyridine rings is 1. The molecule has 4 heterocycles. The number of carbonyl (C=O) groups is 1. The van der Waals surface area contributed by atoms with E-state index in [9.17, 15) is 4.79 Å². The molecule has 2 atom stereocenters. The zero-order chi connectivity index (χ0) is 23.3. The highest BCUT2D eigenvalue weighted by atomic mass is 16.1. The fourth-order valence-corrected chi connectivity index (χ4v) is 4.70. The third kappa shape index (κ3) is 4.00. The predicted octanol–water partition coefficient (Wildman–Crippen LogP) is 2.97. The zero-order valence-electron chi connectivity index (χ0n) is 19.5. The molecule has 1 saturated heterocycles. The van der Waals surface area contributed by atoms with Crippen LogP contribution in [0.3, 0.4) is 0 Å². The molecule has 4 aromatic rings. The van der Waals surface area contributed by atoms with Crippen molar-refractivity contribution in [1.82, 2.24) is 30.0 Å². The first-order chi connectivity index (χ1) is 15.8. The van der Waals surface area contributed by atoms with Crippen LogP contribution in [0, 0.1) is 13.8 Å². The molecule has 170 valence electrons. The number of rotatable bonds is 3. The molecule has 0 aliphatic carbocycles. The number of aryl methyl sites for hydroxylation is 3. The molecule has 0 unspecified atom stereocenters. The van der Waals surface area contributed by atoms with E-state index in [-0.39, 0.29) is 5.91 Å². The van der Waals surface area contributed by atoms with Crippen molar-refractivity contribution in [3.05, 3.63) is 47.5 Å². The lowest BCUT2D eigenvalue weighted by Gasteiger charge is -2.38. The van der Waals surface area contributed by atoms with Gasteiger partial charge in [-0.15, -0.1) is 0 Å². The van der Waals surface area contributed by atoms with Gasteiger partial charge in [0.15, 0.2) is 0 Å². The van der Waals surface area contributed by atoms with Gasteiger partial charge in [0, 0.05) is 49.5 Å². The number of fused-ring (bicyclic) bond motifs is 2. The second kappa shape index (κ2) is 8.08. The molecule has 3 aromatic heterocycles. The highest BCUT2D eigenvalue weighted by Gasteiger charge is 2.24. The Bertz CT molecular complexity index is 1370. The van der Waals surface area contributed by atoms with Gasteiger partial charge in [0.2, 0.25) is 0 Å². The van der Waals surface area contributed by atoms with E-state index in [0.29, 0.717) is 34.8 Å². The maximum Gasteiger partial charge on any atom is 0.259 e. The minimum absolute atomic E-state index is 0.248. The molecule has 0 spiro atoms. The van der Waals surface area contributed by atoms with Crippen LogP contribution in [-0.4, -0.2) is 55.8 Å². The van der Waals surface area contributed by atoms with Gasteiger partial charge in [-0.25, -0.2) is 15.0 Å².